The quantitative estimate of drug-likeness (QED) is 0.309. The summed E-state index contributed by atoms with van der Waals surface area (Å²) in [4.78, 5) is 13.0. The molecule has 0 radical (unpaired) electrons. The van der Waals surface area contributed by atoms with E-state index in [9.17, 15) is 8.96 Å². The number of benzene rings is 2. The second-order valence-corrected chi connectivity index (χ2v) is 8.64. The van der Waals surface area contributed by atoms with Gasteiger partial charge in [0.25, 0.3) is 5.89 Å². The van der Waals surface area contributed by atoms with Crippen LogP contribution < -0.4 is 5.32 Å². The first-order valence-corrected chi connectivity index (χ1v) is 12.4. The van der Waals surface area contributed by atoms with Crippen molar-refractivity contribution in [1.82, 2.24) is 20.5 Å². The summed E-state index contributed by atoms with van der Waals surface area (Å²) in [6.45, 7) is 4.01. The first kappa shape index (κ1) is 24.2. The molecule has 2 heterocycles. The lowest BCUT2D eigenvalue weighted by Crippen LogP contribution is -2.18. The molecule has 0 bridgehead atoms. The molecule has 2 N–H and O–H groups in total. The molecule has 2 unspecified atom stereocenters. The lowest BCUT2D eigenvalue weighted by Gasteiger charge is -2.21. The SMILES string of the molecule is CCN1N=C(c2nc(-c3ccc(CNCCCO[PH](=O)O)cc3F)no2)CC1c1ccccc1. The summed E-state index contributed by atoms with van der Waals surface area (Å²) in [6, 6.07) is 15.1. The number of nitrogens with zero attached hydrogens (tertiary/aromatic N) is 4. The number of nitrogens with one attached hydrogen (secondary N) is 1. The molecular weight excluding hydrogens is 460 g/mol. The van der Waals surface area contributed by atoms with E-state index in [4.69, 9.17) is 9.42 Å². The summed E-state index contributed by atoms with van der Waals surface area (Å²) < 4.78 is 35.3. The van der Waals surface area contributed by atoms with Crippen LogP contribution in [0.3, 0.4) is 0 Å². The fourth-order valence-corrected chi connectivity index (χ4v) is 4.15. The van der Waals surface area contributed by atoms with Gasteiger partial charge >= 0.3 is 8.25 Å². The highest BCUT2D eigenvalue weighted by molar-refractivity contribution is 7.32. The molecule has 34 heavy (non-hydrogen) atoms. The monoisotopic (exact) mass is 487 g/mol. The Hall–Kier alpha value is -2.91. The van der Waals surface area contributed by atoms with Crippen molar-refractivity contribution in [2.45, 2.75) is 32.4 Å². The van der Waals surface area contributed by atoms with Crippen molar-refractivity contribution in [3.05, 3.63) is 71.4 Å². The van der Waals surface area contributed by atoms with E-state index in [2.05, 4.69) is 37.2 Å². The Morgan fingerprint density at radius 1 is 1.29 bits per heavy atom. The summed E-state index contributed by atoms with van der Waals surface area (Å²) in [6.07, 6.45) is 1.21. The van der Waals surface area contributed by atoms with Crippen LogP contribution in [0.2, 0.25) is 0 Å². The number of halogens is 1. The highest BCUT2D eigenvalue weighted by Gasteiger charge is 2.30. The standard InChI is InChI=1S/C23H27FN5O4P/c1-2-29-21(17-7-4-3-5-8-17)14-20(27-29)23-26-22(28-33-23)18-10-9-16(13-19(18)24)15-25-11-6-12-32-34(30)31/h3-5,7-10,13,21,25,34H,2,6,11-12,14-15H2,1H3,(H,30,31). The molecule has 0 saturated heterocycles. The first-order valence-electron chi connectivity index (χ1n) is 11.1. The van der Waals surface area contributed by atoms with Crippen molar-refractivity contribution >= 4 is 14.0 Å². The Balaban J connectivity index is 1.38. The number of aromatic nitrogens is 2. The maximum Gasteiger partial charge on any atom is 0.316 e. The molecule has 0 amide bonds. The van der Waals surface area contributed by atoms with Gasteiger partial charge in [-0.15, -0.1) is 0 Å². The summed E-state index contributed by atoms with van der Waals surface area (Å²) in [5.41, 5.74) is 2.86. The van der Waals surface area contributed by atoms with E-state index in [1.54, 1.807) is 12.1 Å². The minimum atomic E-state index is -2.89. The van der Waals surface area contributed by atoms with E-state index < -0.39 is 14.1 Å². The van der Waals surface area contributed by atoms with Gasteiger partial charge in [-0.3, -0.25) is 9.57 Å². The Labute approximate surface area is 197 Å². The largest absolute Gasteiger partial charge is 0.332 e. The lowest BCUT2D eigenvalue weighted by atomic mass is 10.0. The fourth-order valence-electron chi connectivity index (χ4n) is 3.83. The maximum atomic E-state index is 14.8. The van der Waals surface area contributed by atoms with Crippen LogP contribution in [-0.2, 0) is 15.6 Å². The molecule has 0 saturated carbocycles. The van der Waals surface area contributed by atoms with Crippen LogP contribution in [0.15, 0.2) is 58.2 Å². The third kappa shape index (κ3) is 5.95. The number of rotatable bonds is 11. The second kappa shape index (κ2) is 11.5. The van der Waals surface area contributed by atoms with E-state index in [1.807, 2.05) is 30.1 Å². The molecule has 3 aromatic rings. The van der Waals surface area contributed by atoms with Gasteiger partial charge in [0.1, 0.15) is 11.5 Å². The molecule has 0 fully saturated rings. The number of hydrogen-bond acceptors (Lipinski definition) is 8. The van der Waals surface area contributed by atoms with E-state index in [-0.39, 0.29) is 24.0 Å². The van der Waals surface area contributed by atoms with Crippen molar-refractivity contribution in [3.63, 3.8) is 0 Å². The second-order valence-electron chi connectivity index (χ2n) is 7.82. The minimum absolute atomic E-state index is 0.0959. The zero-order valence-corrected chi connectivity index (χ0v) is 19.8. The molecule has 2 atom stereocenters. The van der Waals surface area contributed by atoms with Crippen LogP contribution in [0.5, 0.6) is 0 Å². The van der Waals surface area contributed by atoms with Crippen LogP contribution in [-0.4, -0.2) is 45.5 Å². The predicted octanol–water partition coefficient (Wildman–Crippen LogP) is 3.93. The van der Waals surface area contributed by atoms with Gasteiger partial charge < -0.3 is 19.3 Å². The van der Waals surface area contributed by atoms with Gasteiger partial charge in [-0.1, -0.05) is 41.6 Å². The van der Waals surface area contributed by atoms with Crippen molar-refractivity contribution < 1.29 is 22.9 Å². The number of hydrogen-bond donors (Lipinski definition) is 2. The van der Waals surface area contributed by atoms with Gasteiger partial charge in [0.2, 0.25) is 5.82 Å². The number of hydrazone groups is 1. The fraction of sp³-hybridized carbons (Fsp3) is 0.348. The molecule has 9 nitrogen and oxygen atoms in total. The van der Waals surface area contributed by atoms with Crippen LogP contribution in [0.1, 0.15) is 42.8 Å². The van der Waals surface area contributed by atoms with Crippen LogP contribution in [0.4, 0.5) is 4.39 Å². The molecule has 1 aliphatic rings. The van der Waals surface area contributed by atoms with Crippen molar-refractivity contribution in [2.24, 2.45) is 5.10 Å². The van der Waals surface area contributed by atoms with Crippen LogP contribution in [0, 0.1) is 5.82 Å². The summed E-state index contributed by atoms with van der Waals surface area (Å²) in [5.74, 6) is 0.0292. The van der Waals surface area contributed by atoms with E-state index in [1.165, 1.54) is 6.07 Å². The van der Waals surface area contributed by atoms with Gasteiger partial charge in [-0.25, -0.2) is 4.39 Å². The summed E-state index contributed by atoms with van der Waals surface area (Å²) >= 11 is 0. The van der Waals surface area contributed by atoms with Gasteiger partial charge in [0.15, 0.2) is 0 Å². The van der Waals surface area contributed by atoms with Crippen molar-refractivity contribution in [2.75, 3.05) is 19.7 Å². The molecule has 180 valence electrons. The van der Waals surface area contributed by atoms with Crippen molar-refractivity contribution in [3.8, 4) is 11.4 Å². The average Bonchev–Trinajstić information content (AvgIpc) is 3.49. The van der Waals surface area contributed by atoms with Crippen LogP contribution >= 0.6 is 8.25 Å². The van der Waals surface area contributed by atoms with Gasteiger partial charge in [-0.05, 0) is 43.1 Å². The highest BCUT2D eigenvalue weighted by Crippen LogP contribution is 2.32. The highest BCUT2D eigenvalue weighted by atomic mass is 31.1. The van der Waals surface area contributed by atoms with Gasteiger partial charge in [0.05, 0.1) is 18.2 Å². The molecule has 1 aliphatic heterocycles. The maximum absolute atomic E-state index is 14.8. The first-order chi connectivity index (χ1) is 16.5. The smallest absolute Gasteiger partial charge is 0.316 e. The normalized spacial score (nSPS) is 16.6. The zero-order valence-electron chi connectivity index (χ0n) is 18.8. The van der Waals surface area contributed by atoms with E-state index in [0.717, 1.165) is 17.7 Å². The Morgan fingerprint density at radius 2 is 2.12 bits per heavy atom. The van der Waals surface area contributed by atoms with Gasteiger partial charge in [-0.2, -0.15) is 10.1 Å². The van der Waals surface area contributed by atoms with Gasteiger partial charge in [0, 0.05) is 19.5 Å². The van der Waals surface area contributed by atoms with Crippen LogP contribution in [0.25, 0.3) is 11.4 Å². The van der Waals surface area contributed by atoms with E-state index in [0.29, 0.717) is 37.5 Å². The predicted molar refractivity (Wildman–Crippen MR) is 126 cm³/mol. The lowest BCUT2D eigenvalue weighted by molar-refractivity contribution is 0.246. The third-order valence-electron chi connectivity index (χ3n) is 5.50. The Bertz CT molecular complexity index is 1160. The topological polar surface area (TPSA) is 113 Å². The molecule has 0 aliphatic carbocycles. The molecule has 11 heteroatoms. The van der Waals surface area contributed by atoms with Crippen molar-refractivity contribution in [1.29, 1.82) is 0 Å². The minimum Gasteiger partial charge on any atom is -0.332 e. The average molecular weight is 487 g/mol. The molecule has 2 aromatic carbocycles. The molecule has 4 rings (SSSR count). The summed E-state index contributed by atoms with van der Waals surface area (Å²) in [5, 5.41) is 13.8. The Kier molecular flexibility index (Phi) is 8.18. The summed E-state index contributed by atoms with van der Waals surface area (Å²) in [7, 11) is -2.89. The molecule has 1 aromatic heterocycles. The van der Waals surface area contributed by atoms with E-state index >= 15 is 0 Å². The third-order valence-corrected chi connectivity index (χ3v) is 5.95. The molecular formula is C23H27FN5O4P. The zero-order chi connectivity index (χ0) is 23.9. The Morgan fingerprint density at radius 3 is 2.85 bits per heavy atom. The molecule has 0 spiro atoms.